The Kier molecular flexibility index (Phi) is 11.6. The van der Waals surface area contributed by atoms with E-state index in [-0.39, 0.29) is 35.9 Å². The second-order valence-corrected chi connectivity index (χ2v) is 14.3. The highest BCUT2D eigenvalue weighted by molar-refractivity contribution is 7.44. The third kappa shape index (κ3) is 7.43. The SMILES string of the molecule is [CH]OP(OC1C[C@H](n2cnc3c(=O)oc(N)nc32)O[C@@H]1COC(c1ccccc1)(c1ccc(OC)cc1)c1ccc(OC)cc1)N(C(C)C)C(C)C. The highest BCUT2D eigenvalue weighted by Gasteiger charge is 2.45. The average molecular weight is 730 g/mol. The average Bonchev–Trinajstić information content (AvgIpc) is 3.76. The third-order valence-corrected chi connectivity index (χ3v) is 11.0. The Bertz CT molecular complexity index is 1910. The number of hydrogen-bond donors (Lipinski definition) is 1. The molecule has 52 heavy (non-hydrogen) atoms. The summed E-state index contributed by atoms with van der Waals surface area (Å²) in [5, 5.41) is 0. The van der Waals surface area contributed by atoms with Crippen LogP contribution in [-0.4, -0.2) is 64.3 Å². The minimum atomic E-state index is -1.72. The molecule has 5 aromatic rings. The van der Waals surface area contributed by atoms with Crippen molar-refractivity contribution in [2.24, 2.45) is 0 Å². The molecule has 0 saturated carbocycles. The lowest BCUT2D eigenvalue weighted by Crippen LogP contribution is -2.39. The first-order valence-electron chi connectivity index (χ1n) is 17.0. The largest absolute Gasteiger partial charge is 0.497 e. The molecular weight excluding hydrogens is 685 g/mol. The van der Waals surface area contributed by atoms with E-state index in [0.29, 0.717) is 17.9 Å². The second kappa shape index (κ2) is 16.1. The monoisotopic (exact) mass is 729 g/mol. The van der Waals surface area contributed by atoms with Crippen molar-refractivity contribution < 1.29 is 32.4 Å². The van der Waals surface area contributed by atoms with Crippen molar-refractivity contribution in [1.29, 1.82) is 0 Å². The maximum Gasteiger partial charge on any atom is 0.368 e. The molecule has 274 valence electrons. The first-order valence-corrected chi connectivity index (χ1v) is 18.1. The number of aromatic nitrogens is 3. The van der Waals surface area contributed by atoms with Crippen molar-refractivity contribution in [1.82, 2.24) is 19.2 Å². The first kappa shape index (κ1) is 37.4. The summed E-state index contributed by atoms with van der Waals surface area (Å²) in [6.45, 7) is 8.30. The van der Waals surface area contributed by atoms with Crippen molar-refractivity contribution >= 4 is 25.7 Å². The lowest BCUT2D eigenvalue weighted by molar-refractivity contribution is -0.0909. The molecule has 1 fully saturated rings. The van der Waals surface area contributed by atoms with E-state index in [0.717, 1.165) is 16.7 Å². The van der Waals surface area contributed by atoms with Gasteiger partial charge in [0.25, 0.3) is 14.5 Å². The smallest absolute Gasteiger partial charge is 0.368 e. The number of nitrogen functional groups attached to an aromatic ring is 1. The van der Waals surface area contributed by atoms with Gasteiger partial charge in [0, 0.05) is 18.5 Å². The van der Waals surface area contributed by atoms with E-state index in [4.69, 9.17) is 45.3 Å². The number of imidazole rings is 1. The predicted molar refractivity (Wildman–Crippen MR) is 197 cm³/mol. The first-order chi connectivity index (χ1) is 25.1. The van der Waals surface area contributed by atoms with Crippen molar-refractivity contribution in [2.45, 2.75) is 70.2 Å². The summed E-state index contributed by atoms with van der Waals surface area (Å²) < 4.78 is 46.0. The minimum Gasteiger partial charge on any atom is -0.497 e. The number of anilines is 1. The highest BCUT2D eigenvalue weighted by Crippen LogP contribution is 2.50. The number of ether oxygens (including phenoxy) is 4. The van der Waals surface area contributed by atoms with Gasteiger partial charge >= 0.3 is 5.63 Å². The minimum absolute atomic E-state index is 0.0374. The molecule has 0 amide bonds. The van der Waals surface area contributed by atoms with E-state index in [1.165, 1.54) is 6.33 Å². The van der Waals surface area contributed by atoms with E-state index in [1.807, 2.05) is 78.9 Å². The fraction of sp³-hybridized carbons (Fsp3) is 0.368. The molecule has 4 atom stereocenters. The number of nitrogens with two attached hydrogens (primary N) is 1. The lowest BCUT2D eigenvalue weighted by atomic mass is 9.80. The maximum absolute atomic E-state index is 12.5. The molecular formula is C38H44N5O8P. The Labute approximate surface area is 304 Å². The van der Waals surface area contributed by atoms with Crippen LogP contribution in [0, 0.1) is 7.11 Å². The molecule has 3 heterocycles. The summed E-state index contributed by atoms with van der Waals surface area (Å²) in [5.41, 5.74) is 6.91. The van der Waals surface area contributed by atoms with E-state index in [2.05, 4.69) is 42.3 Å². The van der Waals surface area contributed by atoms with Gasteiger partial charge in [-0.05, 0) is 68.7 Å². The summed E-state index contributed by atoms with van der Waals surface area (Å²) in [4.78, 5) is 21.1. The molecule has 0 aliphatic carbocycles. The van der Waals surface area contributed by atoms with Crippen molar-refractivity contribution in [2.75, 3.05) is 26.6 Å². The highest BCUT2D eigenvalue weighted by atomic mass is 31.2. The molecule has 2 N–H and O–H groups in total. The Balaban J connectivity index is 1.43. The van der Waals surface area contributed by atoms with Crippen molar-refractivity contribution in [3.63, 3.8) is 0 Å². The Morgan fingerprint density at radius 1 is 0.942 bits per heavy atom. The molecule has 1 saturated heterocycles. The third-order valence-electron chi connectivity index (χ3n) is 9.07. The summed E-state index contributed by atoms with van der Waals surface area (Å²) >= 11 is 0. The van der Waals surface area contributed by atoms with Gasteiger partial charge < -0.3 is 38.1 Å². The number of nitrogens with zero attached hydrogens (tertiary/aromatic N) is 4. The van der Waals surface area contributed by atoms with Crippen molar-refractivity contribution in [3.05, 3.63) is 119 Å². The van der Waals surface area contributed by atoms with Crippen LogP contribution >= 0.6 is 8.53 Å². The van der Waals surface area contributed by atoms with Gasteiger partial charge in [0.2, 0.25) is 0 Å². The molecule has 13 nitrogen and oxygen atoms in total. The predicted octanol–water partition coefficient (Wildman–Crippen LogP) is 6.70. The fourth-order valence-electron chi connectivity index (χ4n) is 6.73. The van der Waals surface area contributed by atoms with E-state index >= 15 is 0 Å². The lowest BCUT2D eigenvalue weighted by Gasteiger charge is -2.38. The van der Waals surface area contributed by atoms with Crippen LogP contribution in [0.25, 0.3) is 11.2 Å². The van der Waals surface area contributed by atoms with Gasteiger partial charge in [0.05, 0.1) is 33.3 Å². The van der Waals surface area contributed by atoms with Gasteiger partial charge in [0.15, 0.2) is 11.2 Å². The van der Waals surface area contributed by atoms with E-state index in [9.17, 15) is 4.79 Å². The van der Waals surface area contributed by atoms with Gasteiger partial charge in [-0.3, -0.25) is 4.57 Å². The molecule has 2 unspecified atom stereocenters. The number of hydrogen-bond acceptors (Lipinski definition) is 12. The zero-order valence-electron chi connectivity index (χ0n) is 30.0. The van der Waals surface area contributed by atoms with Gasteiger partial charge in [-0.25, -0.2) is 14.4 Å². The zero-order chi connectivity index (χ0) is 37.0. The van der Waals surface area contributed by atoms with Crippen LogP contribution < -0.4 is 20.8 Å². The topological polar surface area (TPSA) is 146 Å². The van der Waals surface area contributed by atoms with Crippen LogP contribution in [0.5, 0.6) is 11.5 Å². The molecule has 0 bridgehead atoms. The summed E-state index contributed by atoms with van der Waals surface area (Å²) in [6.07, 6.45) is -0.0717. The summed E-state index contributed by atoms with van der Waals surface area (Å²) in [7, 11) is 7.46. The van der Waals surface area contributed by atoms with Crippen LogP contribution in [0.15, 0.2) is 94.4 Å². The van der Waals surface area contributed by atoms with Crippen LogP contribution in [0.1, 0.15) is 57.0 Å². The molecule has 1 aliphatic heterocycles. The second-order valence-electron chi connectivity index (χ2n) is 12.9. The number of fused-ring (bicyclic) bond motifs is 1. The van der Waals surface area contributed by atoms with Crippen LogP contribution in [-0.2, 0) is 24.1 Å². The molecule has 3 aromatic carbocycles. The number of methoxy groups -OCH3 is 2. The Morgan fingerprint density at radius 3 is 2.06 bits per heavy atom. The van der Waals surface area contributed by atoms with Gasteiger partial charge in [0.1, 0.15) is 36.5 Å². The normalized spacial score (nSPS) is 18.5. The van der Waals surface area contributed by atoms with E-state index < -0.39 is 38.2 Å². The molecule has 6 rings (SSSR count). The zero-order valence-corrected chi connectivity index (χ0v) is 30.9. The number of rotatable bonds is 15. The van der Waals surface area contributed by atoms with Crippen LogP contribution in [0.2, 0.25) is 0 Å². The van der Waals surface area contributed by atoms with Gasteiger partial charge in [-0.1, -0.05) is 54.6 Å². The molecule has 0 spiro atoms. The molecule has 2 aromatic heterocycles. The molecule has 14 heteroatoms. The van der Waals surface area contributed by atoms with Crippen LogP contribution in [0.4, 0.5) is 6.01 Å². The van der Waals surface area contributed by atoms with Gasteiger partial charge in [-0.15, -0.1) is 0 Å². The molecule has 2 radical (unpaired) electrons. The fourth-order valence-corrected chi connectivity index (χ4v) is 8.20. The Morgan fingerprint density at radius 2 is 1.52 bits per heavy atom. The van der Waals surface area contributed by atoms with E-state index in [1.54, 1.807) is 18.8 Å². The molecule has 1 aliphatic rings. The summed E-state index contributed by atoms with van der Waals surface area (Å²) in [5.74, 6) is 1.42. The number of benzene rings is 3. The Hall–Kier alpha value is -4.36. The van der Waals surface area contributed by atoms with Gasteiger partial charge in [-0.2, -0.15) is 4.98 Å². The van der Waals surface area contributed by atoms with Crippen molar-refractivity contribution in [3.8, 4) is 11.5 Å². The van der Waals surface area contributed by atoms with Crippen LogP contribution in [0.3, 0.4) is 0 Å². The summed E-state index contributed by atoms with van der Waals surface area (Å²) in [6, 6.07) is 25.5. The quantitative estimate of drug-likeness (QED) is 0.0905. The maximum atomic E-state index is 12.5. The standard InChI is InChI=1S/C38H44N5O8P/c1-24(2)43(25(3)4)52(47-7)51-31-21-33(42-23-40-34-35(42)41-37(39)50-36(34)44)49-32(31)22-48-38(26-11-9-8-10-12-26,27-13-17-29(45-5)18-14-27)28-15-19-30(46-6)20-16-28/h7-20,23-25,31-33H,21-22H2,1-6H3,(H2,39,41)/t31?,32-,33-,52?/m1/s1.